The minimum atomic E-state index is -0.161. The monoisotopic (exact) mass is 359 g/mol. The van der Waals surface area contributed by atoms with Crippen LogP contribution in [-0.2, 0) is 6.54 Å². The van der Waals surface area contributed by atoms with E-state index >= 15 is 0 Å². The largest absolute Gasteiger partial charge is 0.334 e. The molecule has 1 amide bonds. The Morgan fingerprint density at radius 3 is 2.92 bits per heavy atom. The van der Waals surface area contributed by atoms with Crippen molar-refractivity contribution in [3.05, 3.63) is 57.0 Å². The van der Waals surface area contributed by atoms with E-state index in [2.05, 4.69) is 9.97 Å². The lowest BCUT2D eigenvalue weighted by Gasteiger charge is -2.18. The average molecular weight is 359 g/mol. The summed E-state index contributed by atoms with van der Waals surface area (Å²) < 4.78 is 0.608. The van der Waals surface area contributed by atoms with Gasteiger partial charge in [-0.2, -0.15) is 0 Å². The summed E-state index contributed by atoms with van der Waals surface area (Å²) in [6, 6.07) is 7.66. The van der Waals surface area contributed by atoms with Crippen LogP contribution in [-0.4, -0.2) is 34.1 Å². The molecule has 0 unspecified atom stereocenters. The lowest BCUT2D eigenvalue weighted by Crippen LogP contribution is -2.28. The zero-order chi connectivity index (χ0) is 17.3. The maximum atomic E-state index is 12.7. The van der Waals surface area contributed by atoms with Gasteiger partial charge in [0.2, 0.25) is 0 Å². The van der Waals surface area contributed by atoms with Crippen LogP contribution in [0.1, 0.15) is 21.7 Å². The average Bonchev–Trinajstić information content (AvgIpc) is 3.03. The molecule has 3 aromatic rings. The second-order valence-corrected chi connectivity index (χ2v) is 7.29. The molecule has 0 saturated heterocycles. The number of aryl methyl sites for hydroxylation is 1. The van der Waals surface area contributed by atoms with E-state index < -0.39 is 0 Å². The Balaban J connectivity index is 1.86. The zero-order valence-corrected chi connectivity index (χ0v) is 15.3. The Morgan fingerprint density at radius 2 is 2.17 bits per heavy atom. The lowest BCUT2D eigenvalue weighted by atomic mass is 10.1. The van der Waals surface area contributed by atoms with Gasteiger partial charge in [0.05, 0.1) is 12.1 Å². The second-order valence-electron chi connectivity index (χ2n) is 5.49. The Morgan fingerprint density at radius 1 is 1.38 bits per heavy atom. The summed E-state index contributed by atoms with van der Waals surface area (Å²) >= 11 is 2.96. The number of thioether (sulfide) groups is 1. The minimum absolute atomic E-state index is 0.0866. The summed E-state index contributed by atoms with van der Waals surface area (Å²) in [7, 11) is 1.71. The summed E-state index contributed by atoms with van der Waals surface area (Å²) in [5.41, 5.74) is 2.11. The van der Waals surface area contributed by atoms with Crippen LogP contribution >= 0.6 is 23.1 Å². The summed E-state index contributed by atoms with van der Waals surface area (Å²) in [4.78, 5) is 34.6. The van der Waals surface area contributed by atoms with Crippen molar-refractivity contribution in [1.29, 1.82) is 0 Å². The van der Waals surface area contributed by atoms with E-state index in [1.165, 1.54) is 11.3 Å². The number of nitrogens with one attached hydrogen (secondary N) is 1. The number of rotatable bonds is 4. The van der Waals surface area contributed by atoms with Crippen molar-refractivity contribution >= 4 is 39.2 Å². The molecule has 0 bridgehead atoms. The van der Waals surface area contributed by atoms with Gasteiger partial charge in [-0.25, -0.2) is 4.98 Å². The third kappa shape index (κ3) is 3.22. The molecule has 7 heteroatoms. The van der Waals surface area contributed by atoms with Crippen LogP contribution in [0.5, 0.6) is 0 Å². The van der Waals surface area contributed by atoms with Gasteiger partial charge in [-0.1, -0.05) is 6.07 Å². The Labute approximate surface area is 147 Å². The smallest absolute Gasteiger partial charge is 0.268 e. The van der Waals surface area contributed by atoms with Crippen LogP contribution in [0.15, 0.2) is 39.3 Å². The molecule has 124 valence electrons. The number of benzene rings is 1. The Kier molecular flexibility index (Phi) is 4.73. The van der Waals surface area contributed by atoms with Crippen LogP contribution in [0, 0.1) is 6.92 Å². The fourth-order valence-electron chi connectivity index (χ4n) is 2.46. The van der Waals surface area contributed by atoms with Gasteiger partial charge >= 0.3 is 0 Å². The molecule has 1 aromatic carbocycles. The van der Waals surface area contributed by atoms with Crippen LogP contribution in [0.25, 0.3) is 10.2 Å². The van der Waals surface area contributed by atoms with Gasteiger partial charge in [0.25, 0.3) is 11.5 Å². The molecule has 0 fully saturated rings. The molecular formula is C17H17N3O2S2. The van der Waals surface area contributed by atoms with Gasteiger partial charge in [0.15, 0.2) is 0 Å². The van der Waals surface area contributed by atoms with Crippen LogP contribution in [0.2, 0.25) is 0 Å². The van der Waals surface area contributed by atoms with Gasteiger partial charge in [0, 0.05) is 17.5 Å². The zero-order valence-electron chi connectivity index (χ0n) is 13.6. The predicted molar refractivity (Wildman–Crippen MR) is 99.0 cm³/mol. The molecule has 0 aliphatic carbocycles. The standard InChI is InChI=1S/C17H17N3O2S2/c1-10-4-5-11(23-3)8-12(10)17(22)20(2)9-14-18-13-6-7-24-15(13)16(21)19-14/h4-8H,9H2,1-3H3,(H,18,19,21). The van der Waals surface area contributed by atoms with E-state index in [0.717, 1.165) is 10.5 Å². The maximum absolute atomic E-state index is 12.7. The van der Waals surface area contributed by atoms with E-state index in [-0.39, 0.29) is 18.0 Å². The highest BCUT2D eigenvalue weighted by Gasteiger charge is 2.16. The fraction of sp³-hybridized carbons (Fsp3) is 0.235. The molecule has 1 N–H and O–H groups in total. The maximum Gasteiger partial charge on any atom is 0.268 e. The number of amides is 1. The number of hydrogen-bond acceptors (Lipinski definition) is 5. The third-order valence-corrected chi connectivity index (χ3v) is 5.40. The molecule has 3 rings (SSSR count). The van der Waals surface area contributed by atoms with Crippen molar-refractivity contribution in [3.63, 3.8) is 0 Å². The molecule has 5 nitrogen and oxygen atoms in total. The number of H-pyrrole nitrogens is 1. The third-order valence-electron chi connectivity index (χ3n) is 3.77. The first-order valence-electron chi connectivity index (χ1n) is 7.36. The van der Waals surface area contributed by atoms with Crippen molar-refractivity contribution in [2.45, 2.75) is 18.4 Å². The molecular weight excluding hydrogens is 342 g/mol. The normalized spacial score (nSPS) is 11.0. The molecule has 0 atom stereocenters. The number of aromatic nitrogens is 2. The first-order valence-corrected chi connectivity index (χ1v) is 9.46. The second kappa shape index (κ2) is 6.78. The minimum Gasteiger partial charge on any atom is -0.334 e. The molecule has 2 heterocycles. The number of carbonyl (C=O) groups excluding carboxylic acids is 1. The van der Waals surface area contributed by atoms with Crippen LogP contribution < -0.4 is 5.56 Å². The fourth-order valence-corrected chi connectivity index (χ4v) is 3.62. The number of hydrogen-bond donors (Lipinski definition) is 1. The number of aromatic amines is 1. The molecule has 24 heavy (non-hydrogen) atoms. The Bertz CT molecular complexity index is 962. The van der Waals surface area contributed by atoms with E-state index in [1.54, 1.807) is 23.7 Å². The SMILES string of the molecule is CSc1ccc(C)c(C(=O)N(C)Cc2nc3ccsc3c(=O)[nH]2)c1. The van der Waals surface area contributed by atoms with Gasteiger partial charge in [0.1, 0.15) is 10.5 Å². The summed E-state index contributed by atoms with van der Waals surface area (Å²) in [5, 5.41) is 1.84. The molecule has 0 aliphatic rings. The van der Waals surface area contributed by atoms with E-state index in [9.17, 15) is 9.59 Å². The van der Waals surface area contributed by atoms with Gasteiger partial charge < -0.3 is 9.88 Å². The Hall–Kier alpha value is -2.12. The number of thiophene rings is 1. The van der Waals surface area contributed by atoms with Crippen LogP contribution in [0.4, 0.5) is 0 Å². The first kappa shape index (κ1) is 16.7. The molecule has 0 radical (unpaired) electrons. The highest BCUT2D eigenvalue weighted by atomic mass is 32.2. The van der Waals surface area contributed by atoms with Crippen molar-refractivity contribution in [1.82, 2.24) is 14.9 Å². The van der Waals surface area contributed by atoms with E-state index in [0.29, 0.717) is 21.6 Å². The quantitative estimate of drug-likeness (QED) is 0.726. The lowest BCUT2D eigenvalue weighted by molar-refractivity contribution is 0.0780. The van der Waals surface area contributed by atoms with E-state index in [1.807, 2.05) is 42.8 Å². The van der Waals surface area contributed by atoms with Gasteiger partial charge in [-0.05, 0) is 42.3 Å². The molecule has 2 aromatic heterocycles. The van der Waals surface area contributed by atoms with Crippen LogP contribution in [0.3, 0.4) is 0 Å². The summed E-state index contributed by atoms with van der Waals surface area (Å²) in [5.74, 6) is 0.400. The highest BCUT2D eigenvalue weighted by molar-refractivity contribution is 7.98. The van der Waals surface area contributed by atoms with Gasteiger partial charge in [-0.15, -0.1) is 23.1 Å². The molecule has 0 spiro atoms. The predicted octanol–water partition coefficient (Wildman–Crippen LogP) is 3.29. The molecule has 0 aliphatic heterocycles. The van der Waals surface area contributed by atoms with Crippen molar-refractivity contribution in [3.8, 4) is 0 Å². The number of nitrogens with zero attached hydrogens (tertiary/aromatic N) is 2. The summed E-state index contributed by atoms with van der Waals surface area (Å²) in [6.07, 6.45) is 1.98. The van der Waals surface area contributed by atoms with Gasteiger partial charge in [-0.3, -0.25) is 9.59 Å². The van der Waals surface area contributed by atoms with Crippen molar-refractivity contribution in [2.75, 3.05) is 13.3 Å². The van der Waals surface area contributed by atoms with Crippen molar-refractivity contribution < 1.29 is 4.79 Å². The topological polar surface area (TPSA) is 66.1 Å². The van der Waals surface area contributed by atoms with E-state index in [4.69, 9.17) is 0 Å². The molecule has 0 saturated carbocycles. The number of carbonyl (C=O) groups is 1. The first-order chi connectivity index (χ1) is 11.5. The van der Waals surface area contributed by atoms with Crippen molar-refractivity contribution in [2.24, 2.45) is 0 Å². The summed E-state index contributed by atoms with van der Waals surface area (Å²) in [6.45, 7) is 2.17. The number of fused-ring (bicyclic) bond motifs is 1. The highest BCUT2D eigenvalue weighted by Crippen LogP contribution is 2.20.